The molecule has 7 nitrogen and oxygen atoms in total. The van der Waals surface area contributed by atoms with Gasteiger partial charge in [-0.25, -0.2) is 4.98 Å². The fourth-order valence-electron chi connectivity index (χ4n) is 3.21. The number of rotatable bonds is 5. The summed E-state index contributed by atoms with van der Waals surface area (Å²) in [4.78, 5) is 27.8. The number of carbonyl (C=O) groups is 2. The van der Waals surface area contributed by atoms with Crippen molar-refractivity contribution in [2.45, 2.75) is 13.5 Å². The second-order valence-corrected chi connectivity index (χ2v) is 7.83. The third kappa shape index (κ3) is 3.85. The Labute approximate surface area is 181 Å². The number of hydrogen-bond acceptors (Lipinski definition) is 7. The third-order valence-electron chi connectivity index (χ3n) is 4.81. The van der Waals surface area contributed by atoms with Crippen LogP contribution in [-0.4, -0.2) is 15.3 Å². The summed E-state index contributed by atoms with van der Waals surface area (Å²) < 4.78 is 17.3. The lowest BCUT2D eigenvalue weighted by Crippen LogP contribution is -2.10. The van der Waals surface area contributed by atoms with Crippen LogP contribution >= 0.6 is 11.8 Å². The number of furan rings is 1. The molecule has 4 aromatic rings. The van der Waals surface area contributed by atoms with Gasteiger partial charge in [-0.1, -0.05) is 18.2 Å². The number of benzene rings is 2. The van der Waals surface area contributed by atoms with Crippen molar-refractivity contribution in [1.82, 2.24) is 10.3 Å². The van der Waals surface area contributed by atoms with Crippen LogP contribution in [0.3, 0.4) is 0 Å². The number of ether oxygens (including phenoxy) is 1. The van der Waals surface area contributed by atoms with E-state index in [9.17, 15) is 9.59 Å². The molecule has 1 aliphatic rings. The number of fused-ring (bicyclic) bond motifs is 1. The van der Waals surface area contributed by atoms with Gasteiger partial charge >= 0.3 is 0 Å². The predicted molar refractivity (Wildman–Crippen MR) is 116 cm³/mol. The Balaban J connectivity index is 1.37. The van der Waals surface area contributed by atoms with E-state index in [1.165, 1.54) is 6.08 Å². The molecule has 0 spiro atoms. The molecule has 31 heavy (non-hydrogen) atoms. The molecule has 0 saturated carbocycles. The molecule has 3 heterocycles. The van der Waals surface area contributed by atoms with Gasteiger partial charge in [-0.15, -0.1) is 0 Å². The number of amides is 1. The van der Waals surface area contributed by atoms with Crippen LogP contribution in [0.5, 0.6) is 5.75 Å². The highest BCUT2D eigenvalue weighted by Gasteiger charge is 2.26. The van der Waals surface area contributed by atoms with Crippen LogP contribution in [-0.2, 0) is 11.4 Å². The number of thioether (sulfide) groups is 1. The molecule has 0 radical (unpaired) electrons. The van der Waals surface area contributed by atoms with Crippen LogP contribution in [0, 0.1) is 6.92 Å². The molecule has 0 aliphatic carbocycles. The van der Waals surface area contributed by atoms with Gasteiger partial charge < -0.3 is 18.9 Å². The van der Waals surface area contributed by atoms with Gasteiger partial charge in [-0.2, -0.15) is 0 Å². The van der Waals surface area contributed by atoms with Gasteiger partial charge in [0.05, 0.1) is 6.26 Å². The molecule has 1 saturated heterocycles. The number of hydrogen-bond donors (Lipinski definition) is 1. The average Bonchev–Trinajstić information content (AvgIpc) is 3.44. The lowest BCUT2D eigenvalue weighted by atomic mass is 10.1. The highest BCUT2D eigenvalue weighted by atomic mass is 32.2. The fourth-order valence-corrected chi connectivity index (χ4v) is 3.76. The zero-order chi connectivity index (χ0) is 21.4. The zero-order valence-corrected chi connectivity index (χ0v) is 17.2. The van der Waals surface area contributed by atoms with E-state index < -0.39 is 5.24 Å². The van der Waals surface area contributed by atoms with E-state index in [-0.39, 0.29) is 17.4 Å². The molecule has 2 aromatic heterocycles. The van der Waals surface area contributed by atoms with Gasteiger partial charge in [0, 0.05) is 34.2 Å². The Morgan fingerprint density at radius 1 is 1.16 bits per heavy atom. The lowest BCUT2D eigenvalue weighted by molar-refractivity contribution is -0.107. The summed E-state index contributed by atoms with van der Waals surface area (Å²) in [6, 6.07) is 15.2. The van der Waals surface area contributed by atoms with Crippen LogP contribution < -0.4 is 10.1 Å². The number of oxazole rings is 1. The molecule has 0 unspecified atom stereocenters. The second kappa shape index (κ2) is 7.81. The largest absolute Gasteiger partial charge is 0.487 e. The minimum absolute atomic E-state index is 0.198. The van der Waals surface area contributed by atoms with E-state index in [1.807, 2.05) is 55.5 Å². The highest BCUT2D eigenvalue weighted by molar-refractivity contribution is 8.27. The molecule has 0 atom stereocenters. The van der Waals surface area contributed by atoms with Crippen molar-refractivity contribution in [2.24, 2.45) is 0 Å². The summed E-state index contributed by atoms with van der Waals surface area (Å²) in [6.07, 6.45) is 3.12. The summed E-state index contributed by atoms with van der Waals surface area (Å²) in [6.45, 7) is 2.10. The Bertz CT molecular complexity index is 1340. The summed E-state index contributed by atoms with van der Waals surface area (Å²) in [5, 5.41) is 3.41. The third-order valence-corrected chi connectivity index (χ3v) is 5.50. The fraction of sp³-hybridized carbons (Fsp3) is 0.0870. The van der Waals surface area contributed by atoms with E-state index in [1.54, 1.807) is 6.26 Å². The molecule has 5 rings (SSSR count). The molecule has 1 aliphatic heterocycles. The van der Waals surface area contributed by atoms with Crippen molar-refractivity contribution in [3.05, 3.63) is 77.7 Å². The summed E-state index contributed by atoms with van der Waals surface area (Å²) in [5.74, 6) is 2.34. The van der Waals surface area contributed by atoms with E-state index >= 15 is 0 Å². The first-order chi connectivity index (χ1) is 15.1. The van der Waals surface area contributed by atoms with Gasteiger partial charge in [-0.05, 0) is 37.3 Å². The van der Waals surface area contributed by atoms with Crippen molar-refractivity contribution >= 4 is 39.0 Å². The van der Waals surface area contributed by atoms with Gasteiger partial charge in [-0.3, -0.25) is 9.59 Å². The Hall–Kier alpha value is -3.78. The lowest BCUT2D eigenvalue weighted by Gasteiger charge is -2.05. The summed E-state index contributed by atoms with van der Waals surface area (Å²) in [7, 11) is 0. The first-order valence-electron chi connectivity index (χ1n) is 9.47. The SMILES string of the molecule is Cc1oc(-c2ccccc2)nc1COc1ccc2coc(C=C3NC(=O)SC3=O)c2c1. The number of nitrogens with one attached hydrogen (secondary N) is 1. The molecule has 154 valence electrons. The maximum atomic E-state index is 11.8. The van der Waals surface area contributed by atoms with Crippen LogP contribution in [0.4, 0.5) is 4.79 Å². The van der Waals surface area contributed by atoms with E-state index in [4.69, 9.17) is 13.6 Å². The first kappa shape index (κ1) is 19.2. The van der Waals surface area contributed by atoms with Crippen molar-refractivity contribution in [3.8, 4) is 17.2 Å². The number of aromatic nitrogens is 1. The second-order valence-electron chi connectivity index (χ2n) is 6.89. The normalized spacial score (nSPS) is 15.1. The standard InChI is InChI=1S/C23H16N2O5S/c1-13-19(24-21(30-13)14-5-3-2-4-6-14)12-28-16-8-7-15-11-29-20(17(15)9-16)10-18-22(26)31-23(27)25-18/h2-11H,12H2,1H3,(H,25,27). The number of aryl methyl sites for hydroxylation is 1. The van der Waals surface area contributed by atoms with Gasteiger partial charge in [0.25, 0.3) is 5.24 Å². The molecule has 1 N–H and O–H groups in total. The average molecular weight is 432 g/mol. The van der Waals surface area contributed by atoms with Gasteiger partial charge in [0.1, 0.15) is 35.3 Å². The minimum atomic E-state index is -0.394. The summed E-state index contributed by atoms with van der Waals surface area (Å²) in [5.41, 5.74) is 1.81. The smallest absolute Gasteiger partial charge is 0.291 e. The summed E-state index contributed by atoms with van der Waals surface area (Å²) >= 11 is 0.627. The van der Waals surface area contributed by atoms with Crippen molar-refractivity contribution < 1.29 is 23.2 Å². The minimum Gasteiger partial charge on any atom is -0.487 e. The number of carbonyl (C=O) groups excluding carboxylic acids is 2. The van der Waals surface area contributed by atoms with Crippen molar-refractivity contribution in [3.63, 3.8) is 0 Å². The molecule has 0 bridgehead atoms. The van der Waals surface area contributed by atoms with E-state index in [0.717, 1.165) is 16.3 Å². The van der Waals surface area contributed by atoms with Gasteiger partial charge in [0.15, 0.2) is 0 Å². The quantitative estimate of drug-likeness (QED) is 0.428. The maximum absolute atomic E-state index is 11.8. The van der Waals surface area contributed by atoms with Crippen LogP contribution in [0.15, 0.2) is 69.3 Å². The van der Waals surface area contributed by atoms with Crippen LogP contribution in [0.2, 0.25) is 0 Å². The molecule has 2 aromatic carbocycles. The molecule has 1 amide bonds. The van der Waals surface area contributed by atoms with Crippen molar-refractivity contribution in [1.29, 1.82) is 0 Å². The molecular formula is C23H16N2O5S. The number of nitrogens with zero attached hydrogens (tertiary/aromatic N) is 1. The van der Waals surface area contributed by atoms with E-state index in [0.29, 0.717) is 40.6 Å². The van der Waals surface area contributed by atoms with E-state index in [2.05, 4.69) is 10.3 Å². The zero-order valence-electron chi connectivity index (χ0n) is 16.4. The molecule has 1 fully saturated rings. The maximum Gasteiger partial charge on any atom is 0.291 e. The highest BCUT2D eigenvalue weighted by Crippen LogP contribution is 2.30. The van der Waals surface area contributed by atoms with Crippen molar-refractivity contribution in [2.75, 3.05) is 0 Å². The Morgan fingerprint density at radius 2 is 2.00 bits per heavy atom. The Kier molecular flexibility index (Phi) is 4.83. The van der Waals surface area contributed by atoms with Crippen LogP contribution in [0.1, 0.15) is 17.2 Å². The topological polar surface area (TPSA) is 94.6 Å². The molecular weight excluding hydrogens is 416 g/mol. The molecule has 8 heteroatoms. The predicted octanol–water partition coefficient (Wildman–Crippen LogP) is 5.30. The van der Waals surface area contributed by atoms with Crippen LogP contribution in [0.25, 0.3) is 28.3 Å². The monoisotopic (exact) mass is 432 g/mol. The first-order valence-corrected chi connectivity index (χ1v) is 10.3. The van der Waals surface area contributed by atoms with Gasteiger partial charge in [0.2, 0.25) is 11.0 Å². The Morgan fingerprint density at radius 3 is 2.77 bits per heavy atom.